The molecule has 64 heavy (non-hydrogen) atoms. The summed E-state index contributed by atoms with van der Waals surface area (Å²) >= 11 is 0. The third-order valence-electron chi connectivity index (χ3n) is 13.8. The van der Waals surface area contributed by atoms with E-state index in [-0.39, 0.29) is 55.3 Å². The Morgan fingerprint density at radius 2 is 1.17 bits per heavy atom. The lowest BCUT2D eigenvalue weighted by atomic mass is 9.84. The number of allylic oxidation sites excluding steroid dienone is 8. The Hall–Kier alpha value is -5.07. The molecule has 2 amide bonds. The Bertz CT molecular complexity index is 2250. The molecule has 0 bridgehead atoms. The summed E-state index contributed by atoms with van der Waals surface area (Å²) in [6, 6.07) is 1.65. The summed E-state index contributed by atoms with van der Waals surface area (Å²) < 4.78 is 13.1. The monoisotopic (exact) mass is 883 g/mol. The average Bonchev–Trinajstić information content (AvgIpc) is 3.70. The third-order valence-corrected chi connectivity index (χ3v) is 13.8. The summed E-state index contributed by atoms with van der Waals surface area (Å²) in [6.07, 6.45) is 14.6. The normalized spacial score (nSPS) is 23.2. The van der Waals surface area contributed by atoms with Crippen LogP contribution in [0.4, 0.5) is 0 Å². The molecule has 4 aliphatic heterocycles. The number of unbranched alkanes of at least 4 members (excludes halogenated alkanes) is 1. The van der Waals surface area contributed by atoms with Crippen LogP contribution in [0.2, 0.25) is 0 Å². The number of carbonyl (C=O) groups excluding carboxylic acids is 2. The van der Waals surface area contributed by atoms with Crippen molar-refractivity contribution >= 4 is 17.8 Å². The molecule has 0 radical (unpaired) electrons. The van der Waals surface area contributed by atoms with Gasteiger partial charge in [-0.3, -0.25) is 9.59 Å². The van der Waals surface area contributed by atoms with E-state index in [0.29, 0.717) is 84.4 Å². The Balaban J connectivity index is 1.08. The number of hydrogen-bond donors (Lipinski definition) is 5. The quantitative estimate of drug-likeness (QED) is 0.0675. The van der Waals surface area contributed by atoms with Crippen LogP contribution >= 0.6 is 0 Å². The van der Waals surface area contributed by atoms with Gasteiger partial charge in [0, 0.05) is 41.6 Å². The highest BCUT2D eigenvalue weighted by Crippen LogP contribution is 2.48. The van der Waals surface area contributed by atoms with Crippen molar-refractivity contribution in [3.05, 3.63) is 92.1 Å². The van der Waals surface area contributed by atoms with Crippen molar-refractivity contribution < 1.29 is 49.4 Å². The zero-order valence-corrected chi connectivity index (χ0v) is 39.2. The number of benzene rings is 2. The lowest BCUT2D eigenvalue weighted by Gasteiger charge is -2.41. The Kier molecular flexibility index (Phi) is 15.1. The number of aromatic hydroxyl groups is 2. The van der Waals surface area contributed by atoms with Gasteiger partial charge >= 0.3 is 5.97 Å². The zero-order chi connectivity index (χ0) is 46.7. The topological polar surface area (TPSA) is 177 Å². The first-order chi connectivity index (χ1) is 30.2. The second kappa shape index (κ2) is 20.0. The first-order valence-corrected chi connectivity index (χ1v) is 23.1. The summed E-state index contributed by atoms with van der Waals surface area (Å²) in [7, 11) is 0. The number of phenols is 2. The van der Waals surface area contributed by atoms with Crippen LogP contribution in [0, 0.1) is 0 Å². The van der Waals surface area contributed by atoms with Crippen molar-refractivity contribution in [2.45, 2.75) is 181 Å². The molecule has 5 N–H and O–H groups in total. The number of aliphatic hydroxyl groups is 2. The maximum absolute atomic E-state index is 13.9. The van der Waals surface area contributed by atoms with Gasteiger partial charge in [-0.15, -0.1) is 0 Å². The lowest BCUT2D eigenvalue weighted by molar-refractivity contribution is -0.142. The summed E-state index contributed by atoms with van der Waals surface area (Å²) in [5.74, 6) is -1.39. The number of carboxylic acids is 1. The number of carboxylic acid groups (broad SMARTS) is 1. The molecule has 5 atom stereocenters. The van der Waals surface area contributed by atoms with Crippen LogP contribution in [-0.2, 0) is 30.7 Å². The third kappa shape index (κ3) is 10.5. The fraction of sp³-hybridized carbons (Fsp3) is 0.558. The van der Waals surface area contributed by atoms with Crippen LogP contribution in [-0.4, -0.2) is 89.1 Å². The van der Waals surface area contributed by atoms with Gasteiger partial charge in [0.15, 0.2) is 0 Å². The van der Waals surface area contributed by atoms with Gasteiger partial charge in [-0.05, 0) is 138 Å². The molecule has 0 spiro atoms. The number of fused-ring (bicyclic) bond motifs is 6. The van der Waals surface area contributed by atoms with Gasteiger partial charge < -0.3 is 44.8 Å². The van der Waals surface area contributed by atoms with E-state index < -0.39 is 41.3 Å². The molecular formula is C52H70N2O10. The second-order valence-electron chi connectivity index (χ2n) is 19.6. The highest BCUT2D eigenvalue weighted by molar-refractivity contribution is 6.02. The number of hydrogen-bond acceptors (Lipinski definition) is 9. The minimum absolute atomic E-state index is 0.0163. The van der Waals surface area contributed by atoms with E-state index in [1.807, 2.05) is 13.8 Å². The standard InChI is InChI=1S/C52H70N2O10/c1-31(2)15-11-17-33(5)19-13-22-51(7)44(57)27-37-42(55)25-35-39(46(37)63-51)29-53(48(35)59)24-10-9-21-41(50(61)62)54-30-40-36(49(54)60)26-43(56)38-28-45(58)52(8,64-47(38)40)23-14-20-34(6)18-12-16-32(3)4/h15-16,19-20,25-26,41,44-45,55-58H,9-14,17-18,21-24,27-30H2,1-8H3,(H,61,62)/t41-,44-,45-,51-,52+/m1/s1. The molecule has 12 nitrogen and oxygen atoms in total. The maximum Gasteiger partial charge on any atom is 0.326 e. The van der Waals surface area contributed by atoms with E-state index in [1.54, 1.807) is 4.90 Å². The number of amides is 2. The number of carbonyl (C=O) groups is 3. The molecule has 0 saturated carbocycles. The molecule has 6 rings (SSSR count). The lowest BCUT2D eigenvalue weighted by Crippen LogP contribution is -2.49. The van der Waals surface area contributed by atoms with Gasteiger partial charge in [0.25, 0.3) is 11.8 Å². The SMILES string of the molecule is CC(C)=CCCC(C)=CCC[C@@]1(C)Oc2c(c(O)cc3c2CN(CCCC[C@H](C(=O)O)N2Cc4c(cc(O)c5c4O[C@@](C)(CCC=C(C)CCC=C(C)C)[C@H](O)C5)C2=O)C3=O)C[C@H]1O. The number of aliphatic hydroxyl groups excluding tert-OH is 2. The maximum atomic E-state index is 13.9. The summed E-state index contributed by atoms with van der Waals surface area (Å²) in [6.45, 7) is 16.8. The Labute approximate surface area is 379 Å². The van der Waals surface area contributed by atoms with Crippen LogP contribution in [0.25, 0.3) is 0 Å². The van der Waals surface area contributed by atoms with E-state index >= 15 is 0 Å². The van der Waals surface area contributed by atoms with Gasteiger partial charge in [0.2, 0.25) is 0 Å². The predicted octanol–water partition coefficient (Wildman–Crippen LogP) is 9.39. The van der Waals surface area contributed by atoms with E-state index in [4.69, 9.17) is 9.47 Å². The number of aliphatic carboxylic acids is 1. The first-order valence-electron chi connectivity index (χ1n) is 23.1. The Morgan fingerprint density at radius 3 is 1.64 bits per heavy atom. The summed E-state index contributed by atoms with van der Waals surface area (Å²) in [4.78, 5) is 43.3. The van der Waals surface area contributed by atoms with E-state index in [1.165, 1.54) is 39.3 Å². The first kappa shape index (κ1) is 48.4. The number of phenolic OH excluding ortho intramolecular Hbond substituents is 2. The van der Waals surface area contributed by atoms with Crippen molar-refractivity contribution in [2.24, 2.45) is 0 Å². The Morgan fingerprint density at radius 1 is 0.703 bits per heavy atom. The van der Waals surface area contributed by atoms with Crippen molar-refractivity contribution in [1.82, 2.24) is 9.80 Å². The smallest absolute Gasteiger partial charge is 0.326 e. The number of rotatable bonds is 19. The second-order valence-corrected chi connectivity index (χ2v) is 19.6. The minimum Gasteiger partial charge on any atom is -0.508 e. The number of ether oxygens (including phenoxy) is 2. The van der Waals surface area contributed by atoms with Crippen LogP contribution < -0.4 is 9.47 Å². The van der Waals surface area contributed by atoms with Gasteiger partial charge in [-0.25, -0.2) is 4.79 Å². The summed E-state index contributed by atoms with van der Waals surface area (Å²) in [5.41, 5.74) is 5.79. The van der Waals surface area contributed by atoms with Crippen molar-refractivity contribution in [1.29, 1.82) is 0 Å². The average molecular weight is 883 g/mol. The molecule has 12 heteroatoms. The van der Waals surface area contributed by atoms with Crippen molar-refractivity contribution in [2.75, 3.05) is 6.54 Å². The number of nitrogens with zero attached hydrogens (tertiary/aromatic N) is 2. The van der Waals surface area contributed by atoms with Gasteiger partial charge in [-0.2, -0.15) is 0 Å². The van der Waals surface area contributed by atoms with Crippen molar-refractivity contribution in [3.8, 4) is 23.0 Å². The molecule has 4 aliphatic rings. The van der Waals surface area contributed by atoms with Crippen LogP contribution in [0.3, 0.4) is 0 Å². The van der Waals surface area contributed by atoms with Gasteiger partial charge in [-0.1, -0.05) is 46.6 Å². The highest BCUT2D eigenvalue weighted by atomic mass is 16.5. The van der Waals surface area contributed by atoms with Gasteiger partial charge in [0.1, 0.15) is 40.2 Å². The van der Waals surface area contributed by atoms with E-state index in [0.717, 1.165) is 25.7 Å². The molecule has 2 aromatic carbocycles. The highest BCUT2D eigenvalue weighted by Gasteiger charge is 2.47. The zero-order valence-electron chi connectivity index (χ0n) is 39.2. The van der Waals surface area contributed by atoms with Crippen LogP contribution in [0.15, 0.2) is 58.7 Å². The minimum atomic E-state index is -1.17. The fourth-order valence-corrected chi connectivity index (χ4v) is 9.56. The van der Waals surface area contributed by atoms with E-state index in [2.05, 4.69) is 65.8 Å². The molecule has 348 valence electrons. The molecular weight excluding hydrogens is 813 g/mol. The van der Waals surface area contributed by atoms with E-state index in [9.17, 15) is 39.9 Å². The van der Waals surface area contributed by atoms with Crippen molar-refractivity contribution in [3.63, 3.8) is 0 Å². The summed E-state index contributed by atoms with van der Waals surface area (Å²) in [5, 5.41) is 54.9. The molecule has 2 aromatic rings. The molecule has 0 saturated heterocycles. The van der Waals surface area contributed by atoms with Gasteiger partial charge in [0.05, 0.1) is 36.4 Å². The molecule has 0 aromatic heterocycles. The van der Waals surface area contributed by atoms with Crippen LogP contribution in [0.1, 0.15) is 169 Å². The molecule has 0 unspecified atom stereocenters. The molecule has 4 heterocycles. The molecule has 0 fully saturated rings. The van der Waals surface area contributed by atoms with Crippen LogP contribution in [0.5, 0.6) is 23.0 Å². The fourth-order valence-electron chi connectivity index (χ4n) is 9.56. The largest absolute Gasteiger partial charge is 0.508 e. The predicted molar refractivity (Wildman–Crippen MR) is 247 cm³/mol. The molecule has 0 aliphatic carbocycles.